The zero-order valence-electron chi connectivity index (χ0n) is 9.85. The van der Waals surface area contributed by atoms with Crippen molar-refractivity contribution in [1.29, 1.82) is 0 Å². The maximum absolute atomic E-state index is 11.7. The molecule has 1 aliphatic heterocycles. The van der Waals surface area contributed by atoms with Crippen molar-refractivity contribution >= 4 is 11.9 Å². The molecular weight excluding hydrogens is 222 g/mol. The summed E-state index contributed by atoms with van der Waals surface area (Å²) in [6, 6.07) is 0.459. The van der Waals surface area contributed by atoms with Crippen LogP contribution in [0.25, 0.3) is 0 Å². The molecule has 0 radical (unpaired) electrons. The van der Waals surface area contributed by atoms with Gasteiger partial charge in [-0.25, -0.2) is 0 Å². The van der Waals surface area contributed by atoms with Crippen LogP contribution in [-0.4, -0.2) is 46.7 Å². The van der Waals surface area contributed by atoms with Gasteiger partial charge in [-0.15, -0.1) is 5.10 Å². The van der Waals surface area contributed by atoms with E-state index >= 15 is 0 Å². The van der Waals surface area contributed by atoms with Crippen LogP contribution in [0.3, 0.4) is 0 Å². The highest BCUT2D eigenvalue weighted by Crippen LogP contribution is 2.15. The molecule has 0 spiro atoms. The molecule has 0 aromatic carbocycles. The highest BCUT2D eigenvalue weighted by atomic mass is 16.4. The molecule has 1 amide bonds. The van der Waals surface area contributed by atoms with Crippen molar-refractivity contribution in [2.24, 2.45) is 5.73 Å². The fraction of sp³-hybridized carbons (Fsp3) is 0.700. The number of carbonyl (C=O) groups excluding carboxylic acids is 1. The minimum absolute atomic E-state index is 0.144. The molecule has 2 heterocycles. The maximum atomic E-state index is 11.7. The molecule has 0 aliphatic carbocycles. The summed E-state index contributed by atoms with van der Waals surface area (Å²) in [5.41, 5.74) is 5.64. The van der Waals surface area contributed by atoms with Crippen LogP contribution in [0, 0.1) is 6.92 Å². The summed E-state index contributed by atoms with van der Waals surface area (Å²) in [7, 11) is 0. The number of amides is 1. The molecule has 7 nitrogen and oxygen atoms in total. The van der Waals surface area contributed by atoms with Crippen molar-refractivity contribution in [1.82, 2.24) is 15.1 Å². The van der Waals surface area contributed by atoms with Crippen LogP contribution in [0.1, 0.15) is 18.7 Å². The molecule has 1 aromatic heterocycles. The molecule has 2 rings (SSSR count). The van der Waals surface area contributed by atoms with Crippen LogP contribution in [0.4, 0.5) is 6.01 Å². The molecule has 17 heavy (non-hydrogen) atoms. The van der Waals surface area contributed by atoms with E-state index in [1.165, 1.54) is 0 Å². The van der Waals surface area contributed by atoms with E-state index < -0.39 is 0 Å². The fourth-order valence-corrected chi connectivity index (χ4v) is 2.06. The first kappa shape index (κ1) is 12.0. The smallest absolute Gasteiger partial charge is 0.322 e. The predicted molar refractivity (Wildman–Crippen MR) is 61.3 cm³/mol. The monoisotopic (exact) mass is 239 g/mol. The lowest BCUT2D eigenvalue weighted by molar-refractivity contribution is -0.117. The van der Waals surface area contributed by atoms with Crippen molar-refractivity contribution in [2.75, 3.05) is 25.0 Å². The van der Waals surface area contributed by atoms with Crippen LogP contribution in [0.2, 0.25) is 0 Å². The Morgan fingerprint density at radius 2 is 2.47 bits per heavy atom. The topological polar surface area (TPSA) is 97.3 Å². The molecule has 1 unspecified atom stereocenters. The van der Waals surface area contributed by atoms with Crippen LogP contribution < -0.4 is 11.1 Å². The molecule has 1 atom stereocenters. The van der Waals surface area contributed by atoms with E-state index in [0.717, 1.165) is 19.4 Å². The highest BCUT2D eigenvalue weighted by molar-refractivity contribution is 5.90. The first-order valence-corrected chi connectivity index (χ1v) is 5.73. The number of nitrogens with one attached hydrogen (secondary N) is 1. The zero-order chi connectivity index (χ0) is 12.3. The Hall–Kier alpha value is -1.47. The van der Waals surface area contributed by atoms with Gasteiger partial charge in [-0.2, -0.15) is 0 Å². The van der Waals surface area contributed by atoms with Crippen LogP contribution >= 0.6 is 0 Å². The third kappa shape index (κ3) is 3.01. The first-order chi connectivity index (χ1) is 8.19. The predicted octanol–water partition coefficient (Wildman–Crippen LogP) is -0.260. The van der Waals surface area contributed by atoms with E-state index in [1.807, 2.05) is 0 Å². The molecule has 0 bridgehead atoms. The maximum Gasteiger partial charge on any atom is 0.322 e. The molecule has 94 valence electrons. The minimum Gasteiger partial charge on any atom is -0.408 e. The van der Waals surface area contributed by atoms with E-state index in [4.69, 9.17) is 10.2 Å². The lowest BCUT2D eigenvalue weighted by Gasteiger charge is -2.21. The average Bonchev–Trinajstić information content (AvgIpc) is 2.87. The number of nitrogens with zero attached hydrogens (tertiary/aromatic N) is 3. The number of anilines is 1. The van der Waals surface area contributed by atoms with Gasteiger partial charge < -0.3 is 10.2 Å². The number of aromatic nitrogens is 2. The molecule has 3 N–H and O–H groups in total. The van der Waals surface area contributed by atoms with Gasteiger partial charge in [0, 0.05) is 19.5 Å². The van der Waals surface area contributed by atoms with Crippen molar-refractivity contribution in [3.8, 4) is 0 Å². The second-order valence-electron chi connectivity index (χ2n) is 4.18. The van der Waals surface area contributed by atoms with Crippen LogP contribution in [-0.2, 0) is 4.79 Å². The normalized spacial score (nSPS) is 20.7. The quantitative estimate of drug-likeness (QED) is 0.751. The standard InChI is InChI=1S/C10H17N5O2/c1-7-13-14-10(17-7)12-9(16)6-15-4-2-3-8(15)5-11/h8H,2-6,11H2,1H3,(H,12,14,16). The van der Waals surface area contributed by atoms with Gasteiger partial charge in [-0.3, -0.25) is 15.0 Å². The second-order valence-corrected chi connectivity index (χ2v) is 4.18. The summed E-state index contributed by atoms with van der Waals surface area (Å²) < 4.78 is 5.07. The number of aryl methyl sites for hydroxylation is 1. The fourth-order valence-electron chi connectivity index (χ4n) is 2.06. The average molecular weight is 239 g/mol. The Morgan fingerprint density at radius 3 is 3.12 bits per heavy atom. The summed E-state index contributed by atoms with van der Waals surface area (Å²) in [4.78, 5) is 13.8. The summed E-state index contributed by atoms with van der Waals surface area (Å²) >= 11 is 0. The van der Waals surface area contributed by atoms with Crippen LogP contribution in [0.5, 0.6) is 0 Å². The number of carbonyl (C=O) groups is 1. The van der Waals surface area contributed by atoms with Crippen molar-refractivity contribution in [2.45, 2.75) is 25.8 Å². The van der Waals surface area contributed by atoms with Gasteiger partial charge in [0.2, 0.25) is 11.8 Å². The van der Waals surface area contributed by atoms with Gasteiger partial charge in [-0.1, -0.05) is 5.10 Å². The van der Waals surface area contributed by atoms with E-state index in [9.17, 15) is 4.79 Å². The Balaban J connectivity index is 1.85. The number of nitrogens with two attached hydrogens (primary N) is 1. The lowest BCUT2D eigenvalue weighted by atomic mass is 10.2. The van der Waals surface area contributed by atoms with Gasteiger partial charge in [-0.05, 0) is 19.4 Å². The molecule has 1 aliphatic rings. The Labute approximate surface area is 99.4 Å². The Bertz CT molecular complexity index is 392. The number of likely N-dealkylation sites (tertiary alicyclic amines) is 1. The van der Waals surface area contributed by atoms with Crippen molar-refractivity contribution in [3.63, 3.8) is 0 Å². The zero-order valence-corrected chi connectivity index (χ0v) is 9.85. The number of rotatable bonds is 4. The van der Waals surface area contributed by atoms with E-state index in [1.54, 1.807) is 6.92 Å². The third-order valence-electron chi connectivity index (χ3n) is 2.89. The Kier molecular flexibility index (Phi) is 3.70. The largest absolute Gasteiger partial charge is 0.408 e. The summed E-state index contributed by atoms with van der Waals surface area (Å²) in [5, 5.41) is 9.92. The van der Waals surface area contributed by atoms with E-state index in [2.05, 4.69) is 20.4 Å². The van der Waals surface area contributed by atoms with Crippen molar-refractivity contribution in [3.05, 3.63) is 5.89 Å². The van der Waals surface area contributed by atoms with Crippen molar-refractivity contribution < 1.29 is 9.21 Å². The van der Waals surface area contributed by atoms with Gasteiger partial charge >= 0.3 is 6.01 Å². The molecule has 0 saturated carbocycles. The van der Waals surface area contributed by atoms with Crippen LogP contribution in [0.15, 0.2) is 4.42 Å². The van der Waals surface area contributed by atoms with Gasteiger partial charge in [0.05, 0.1) is 6.54 Å². The molecule has 7 heteroatoms. The number of hydrogen-bond donors (Lipinski definition) is 2. The van der Waals surface area contributed by atoms with Gasteiger partial charge in [0.15, 0.2) is 0 Å². The molecular formula is C10H17N5O2. The molecule has 1 saturated heterocycles. The molecule has 1 aromatic rings. The lowest BCUT2D eigenvalue weighted by Crippen LogP contribution is -2.40. The summed E-state index contributed by atoms with van der Waals surface area (Å²) in [6.45, 7) is 3.50. The Morgan fingerprint density at radius 1 is 1.65 bits per heavy atom. The third-order valence-corrected chi connectivity index (χ3v) is 2.89. The van der Waals surface area contributed by atoms with Gasteiger partial charge in [0.25, 0.3) is 0 Å². The number of hydrogen-bond acceptors (Lipinski definition) is 6. The molecule has 1 fully saturated rings. The van der Waals surface area contributed by atoms with E-state index in [0.29, 0.717) is 25.0 Å². The first-order valence-electron chi connectivity index (χ1n) is 5.73. The summed E-state index contributed by atoms with van der Waals surface area (Å²) in [6.07, 6.45) is 2.15. The minimum atomic E-state index is -0.144. The highest BCUT2D eigenvalue weighted by Gasteiger charge is 2.25. The van der Waals surface area contributed by atoms with E-state index in [-0.39, 0.29) is 11.9 Å². The summed E-state index contributed by atoms with van der Waals surface area (Å²) in [5.74, 6) is 0.287. The van der Waals surface area contributed by atoms with Gasteiger partial charge in [0.1, 0.15) is 0 Å². The second kappa shape index (κ2) is 5.24. The SMILES string of the molecule is Cc1nnc(NC(=O)CN2CCCC2CN)o1.